The van der Waals surface area contributed by atoms with E-state index in [1.165, 1.54) is 32.6 Å². The number of benzene rings is 9. The van der Waals surface area contributed by atoms with Crippen molar-refractivity contribution >= 4 is 87.2 Å². The van der Waals surface area contributed by atoms with Crippen LogP contribution in [0.4, 0.5) is 0 Å². The van der Waals surface area contributed by atoms with Gasteiger partial charge >= 0.3 is 0 Å². The van der Waals surface area contributed by atoms with Crippen molar-refractivity contribution in [3.8, 4) is 56.9 Å². The summed E-state index contributed by atoms with van der Waals surface area (Å²) in [5, 5.41) is 9.26. The lowest BCUT2D eigenvalue weighted by Gasteiger charge is -2.16. The van der Waals surface area contributed by atoms with E-state index in [4.69, 9.17) is 15.0 Å². The van der Waals surface area contributed by atoms with E-state index in [1.807, 2.05) is 24.8 Å². The second kappa shape index (κ2) is 16.5. The van der Waals surface area contributed by atoms with E-state index in [2.05, 4.69) is 253 Å². The number of fused-ring (bicyclic) bond motifs is 12. The van der Waals surface area contributed by atoms with Gasteiger partial charge in [0.25, 0.3) is 0 Å². The SMILES string of the molecule is c1ccc(-n2c3ccccc3c3cnccc32)c(-c2nc(-c3ccc(-n4c5ccccc5c5cc(-n6c7ccccc7c7ccccc76)ccc54)cc3)nc(-c3ccccc3-n3c4ccccc4c4cnccc43)n2)c1. The summed E-state index contributed by atoms with van der Waals surface area (Å²) < 4.78 is 9.36. The van der Waals surface area contributed by atoms with Gasteiger partial charge in [-0.15, -0.1) is 0 Å². The number of aromatic nitrogens is 9. The molecular weight excluding hydrogens is 931 g/mol. The number of rotatable bonds is 7. The van der Waals surface area contributed by atoms with Crippen molar-refractivity contribution in [2.75, 3.05) is 0 Å². The third-order valence-electron chi connectivity index (χ3n) is 15.2. The lowest BCUT2D eigenvalue weighted by atomic mass is 10.1. The van der Waals surface area contributed by atoms with Crippen LogP contribution in [0.5, 0.6) is 0 Å². The number of pyridine rings is 2. The molecule has 0 radical (unpaired) electrons. The van der Waals surface area contributed by atoms with Crippen molar-refractivity contribution in [1.29, 1.82) is 0 Å². The maximum atomic E-state index is 5.47. The zero-order valence-corrected chi connectivity index (χ0v) is 40.7. The molecule has 0 unspecified atom stereocenters. The van der Waals surface area contributed by atoms with Crippen LogP contribution in [0.2, 0.25) is 0 Å². The monoisotopic (exact) mass is 971 g/mol. The van der Waals surface area contributed by atoms with Crippen LogP contribution < -0.4 is 0 Å². The predicted octanol–water partition coefficient (Wildman–Crippen LogP) is 16.1. The summed E-state index contributed by atoms with van der Waals surface area (Å²) in [5.41, 5.74) is 15.5. The first-order valence-electron chi connectivity index (χ1n) is 25.5. The molecule has 0 amide bonds. The minimum absolute atomic E-state index is 0.558. The Morgan fingerprint density at radius 1 is 0.250 bits per heavy atom. The number of hydrogen-bond acceptors (Lipinski definition) is 5. The van der Waals surface area contributed by atoms with E-state index >= 15 is 0 Å². The second-order valence-corrected chi connectivity index (χ2v) is 19.3. The number of para-hydroxylation sites is 7. The van der Waals surface area contributed by atoms with Crippen molar-refractivity contribution in [3.05, 3.63) is 249 Å². The Kier molecular flexibility index (Phi) is 9.13. The van der Waals surface area contributed by atoms with Crippen LogP contribution in [-0.2, 0) is 0 Å². The fourth-order valence-electron chi connectivity index (χ4n) is 12.0. The molecule has 0 bridgehead atoms. The third-order valence-corrected chi connectivity index (χ3v) is 15.2. The molecular formula is C67H41N9. The molecule has 7 aromatic heterocycles. The highest BCUT2D eigenvalue weighted by Gasteiger charge is 2.23. The molecule has 9 heteroatoms. The molecule has 9 nitrogen and oxygen atoms in total. The summed E-state index contributed by atoms with van der Waals surface area (Å²) in [5.74, 6) is 1.68. The fraction of sp³-hybridized carbons (Fsp3) is 0. The Morgan fingerprint density at radius 3 is 1.11 bits per heavy atom. The largest absolute Gasteiger partial charge is 0.309 e. The van der Waals surface area contributed by atoms with Crippen LogP contribution in [0.1, 0.15) is 0 Å². The first kappa shape index (κ1) is 42.0. The maximum Gasteiger partial charge on any atom is 0.166 e. The lowest BCUT2D eigenvalue weighted by Crippen LogP contribution is -2.05. The third kappa shape index (κ3) is 6.23. The van der Waals surface area contributed by atoms with Crippen LogP contribution in [0.15, 0.2) is 249 Å². The molecule has 0 N–H and O–H groups in total. The fourth-order valence-corrected chi connectivity index (χ4v) is 12.0. The average Bonchev–Trinajstić information content (AvgIpc) is 4.24. The van der Waals surface area contributed by atoms with Gasteiger partial charge in [-0.1, -0.05) is 115 Å². The molecule has 0 aliphatic carbocycles. The van der Waals surface area contributed by atoms with Crippen molar-refractivity contribution in [2.24, 2.45) is 0 Å². The maximum absolute atomic E-state index is 5.47. The van der Waals surface area contributed by atoms with E-state index in [0.29, 0.717) is 17.5 Å². The van der Waals surface area contributed by atoms with Gasteiger partial charge in [0.05, 0.1) is 55.5 Å². The lowest BCUT2D eigenvalue weighted by molar-refractivity contribution is 1.06. The summed E-state index contributed by atoms with van der Waals surface area (Å²) >= 11 is 0. The van der Waals surface area contributed by atoms with Gasteiger partial charge in [-0.05, 0) is 109 Å². The summed E-state index contributed by atoms with van der Waals surface area (Å²) in [6.07, 6.45) is 7.61. The van der Waals surface area contributed by atoms with E-state index in [0.717, 1.165) is 94.1 Å². The van der Waals surface area contributed by atoms with Gasteiger partial charge in [0.1, 0.15) is 0 Å². The van der Waals surface area contributed by atoms with Gasteiger partial charge in [0.2, 0.25) is 0 Å². The minimum Gasteiger partial charge on any atom is -0.309 e. The molecule has 0 aliphatic rings. The molecule has 7 heterocycles. The summed E-state index contributed by atoms with van der Waals surface area (Å²) in [7, 11) is 0. The summed E-state index contributed by atoms with van der Waals surface area (Å²) in [4.78, 5) is 25.4. The standard InChI is InChI=1S/C67H41N9/c1-8-22-55-45(15-1)46-16-2-9-23-56(46)74(55)44-33-34-62-52(39-44)47-17-3-10-24-57(47)73(62)43-31-29-42(30-32-43)65-70-66(50-20-6-13-27-60(50)75-58-25-11-4-18-48(58)53-40-68-37-35-63(53)75)72-67(71-65)51-21-7-14-28-61(51)76-59-26-12-5-19-49(59)54-41-69-38-36-64(54)76/h1-41H. The van der Waals surface area contributed by atoms with E-state index in [1.54, 1.807) is 0 Å². The van der Waals surface area contributed by atoms with Gasteiger partial charge in [0, 0.05) is 95.9 Å². The minimum atomic E-state index is 0.558. The highest BCUT2D eigenvalue weighted by atomic mass is 15.1. The average molecular weight is 972 g/mol. The zero-order chi connectivity index (χ0) is 49.8. The Labute approximate surface area is 434 Å². The van der Waals surface area contributed by atoms with Gasteiger partial charge in [-0.2, -0.15) is 0 Å². The molecule has 0 atom stereocenters. The van der Waals surface area contributed by atoms with Gasteiger partial charge in [-0.3, -0.25) is 9.97 Å². The van der Waals surface area contributed by atoms with Crippen molar-refractivity contribution in [3.63, 3.8) is 0 Å². The second-order valence-electron chi connectivity index (χ2n) is 19.3. The Bertz CT molecular complexity index is 4680. The topological polar surface area (TPSA) is 84.2 Å². The molecule has 0 saturated carbocycles. The van der Waals surface area contributed by atoms with Crippen LogP contribution >= 0.6 is 0 Å². The zero-order valence-electron chi connectivity index (χ0n) is 40.7. The van der Waals surface area contributed by atoms with Gasteiger partial charge in [-0.25, -0.2) is 15.0 Å². The van der Waals surface area contributed by atoms with Crippen LogP contribution in [0, 0.1) is 0 Å². The molecule has 0 aliphatic heterocycles. The Hall–Kier alpha value is -10.5. The molecule has 354 valence electrons. The van der Waals surface area contributed by atoms with Gasteiger partial charge in [0.15, 0.2) is 17.5 Å². The summed E-state index contributed by atoms with van der Waals surface area (Å²) in [6, 6.07) is 79.5. The normalized spacial score (nSPS) is 11.9. The summed E-state index contributed by atoms with van der Waals surface area (Å²) in [6.45, 7) is 0. The molecule has 16 aromatic rings. The number of hydrogen-bond donors (Lipinski definition) is 0. The van der Waals surface area contributed by atoms with Gasteiger partial charge < -0.3 is 18.3 Å². The van der Waals surface area contributed by atoms with Crippen LogP contribution in [0.3, 0.4) is 0 Å². The van der Waals surface area contributed by atoms with Crippen LogP contribution in [0.25, 0.3) is 144 Å². The van der Waals surface area contributed by atoms with Crippen molar-refractivity contribution in [1.82, 2.24) is 43.2 Å². The molecule has 0 spiro atoms. The Balaban J connectivity index is 0.884. The van der Waals surface area contributed by atoms with Crippen LogP contribution in [-0.4, -0.2) is 43.2 Å². The Morgan fingerprint density at radius 2 is 0.605 bits per heavy atom. The first-order valence-corrected chi connectivity index (χ1v) is 25.5. The van der Waals surface area contributed by atoms with E-state index in [-0.39, 0.29) is 0 Å². The molecule has 9 aromatic carbocycles. The van der Waals surface area contributed by atoms with E-state index in [9.17, 15) is 0 Å². The highest BCUT2D eigenvalue weighted by molar-refractivity contribution is 6.13. The molecule has 76 heavy (non-hydrogen) atoms. The molecule has 0 saturated heterocycles. The smallest absolute Gasteiger partial charge is 0.166 e. The highest BCUT2D eigenvalue weighted by Crippen LogP contribution is 2.41. The predicted molar refractivity (Wildman–Crippen MR) is 309 cm³/mol. The van der Waals surface area contributed by atoms with Crippen molar-refractivity contribution < 1.29 is 0 Å². The first-order chi connectivity index (χ1) is 37.7. The van der Waals surface area contributed by atoms with Crippen molar-refractivity contribution in [2.45, 2.75) is 0 Å². The number of nitrogens with zero attached hydrogens (tertiary/aromatic N) is 9. The quantitative estimate of drug-likeness (QED) is 0.159. The molecule has 0 fully saturated rings. The van der Waals surface area contributed by atoms with E-state index < -0.39 is 0 Å². The molecule has 16 rings (SSSR count).